The summed E-state index contributed by atoms with van der Waals surface area (Å²) in [6, 6.07) is 10.8. The fraction of sp³-hybridized carbons (Fsp3) is 0.414. The van der Waals surface area contributed by atoms with Gasteiger partial charge in [0.25, 0.3) is 22.0 Å². The maximum absolute atomic E-state index is 13.9. The molecule has 0 unspecified atom stereocenters. The Morgan fingerprint density at radius 2 is 1.86 bits per heavy atom. The standard InChI is InChI=1S/C29H33ClN6O5S/c1-18-6-5-7-19(14-18)15-36-27(30)22-11-13-35(29(38)25(22)31-36)23-17-41-24-9-8-20-16-34(42(39,40)32(2)3)12-10-21(20)26(24)33(4)28(23)37/h5-9,14,23H,10-13,15-17H2,1-4H3/t23-/m0/s1. The Balaban J connectivity index is 1.25. The lowest BCUT2D eigenvalue weighted by molar-refractivity contribution is -0.123. The Kier molecular flexibility index (Phi) is 7.28. The largest absolute Gasteiger partial charge is 0.489 e. The SMILES string of the molecule is Cc1cccc(Cn2nc3c(c2Cl)CCN([C@H]2COc4ccc5c(c4N(C)C2=O)CCN(S(=O)(=O)N(C)C)C5)C3=O)c1. The molecule has 6 rings (SSSR count). The lowest BCUT2D eigenvalue weighted by atomic mass is 9.97. The molecule has 11 nitrogen and oxygen atoms in total. The van der Waals surface area contributed by atoms with E-state index >= 15 is 0 Å². The zero-order valence-electron chi connectivity index (χ0n) is 24.0. The second-order valence-corrected chi connectivity index (χ2v) is 13.7. The predicted molar refractivity (Wildman–Crippen MR) is 158 cm³/mol. The number of halogens is 1. The third kappa shape index (κ3) is 4.76. The molecule has 2 aromatic carbocycles. The smallest absolute Gasteiger partial charge is 0.281 e. The average molecular weight is 613 g/mol. The normalized spacial score (nSPS) is 19.3. The first-order valence-electron chi connectivity index (χ1n) is 13.8. The average Bonchev–Trinajstić information content (AvgIpc) is 3.21. The summed E-state index contributed by atoms with van der Waals surface area (Å²) in [6.07, 6.45) is 0.903. The summed E-state index contributed by atoms with van der Waals surface area (Å²) in [4.78, 5) is 30.7. The first kappa shape index (κ1) is 28.7. The van der Waals surface area contributed by atoms with Crippen molar-refractivity contribution in [1.82, 2.24) is 23.3 Å². The monoisotopic (exact) mass is 612 g/mol. The minimum atomic E-state index is -3.58. The summed E-state index contributed by atoms with van der Waals surface area (Å²) in [5, 5.41) is 5.01. The minimum Gasteiger partial charge on any atom is -0.489 e. The molecule has 4 heterocycles. The molecule has 0 spiro atoms. The molecule has 42 heavy (non-hydrogen) atoms. The zero-order valence-corrected chi connectivity index (χ0v) is 25.6. The summed E-state index contributed by atoms with van der Waals surface area (Å²) in [5.74, 6) is -0.0896. The number of anilines is 1. The number of nitrogens with zero attached hydrogens (tertiary/aromatic N) is 6. The van der Waals surface area contributed by atoms with Crippen molar-refractivity contribution in [3.8, 4) is 5.75 Å². The van der Waals surface area contributed by atoms with Crippen molar-refractivity contribution >= 4 is 39.3 Å². The van der Waals surface area contributed by atoms with Crippen molar-refractivity contribution in [2.24, 2.45) is 0 Å². The molecule has 0 fully saturated rings. The number of carbonyl (C=O) groups excluding carboxylic acids is 2. The number of ether oxygens (including phenoxy) is 1. The highest BCUT2D eigenvalue weighted by atomic mass is 35.5. The van der Waals surface area contributed by atoms with Crippen LogP contribution >= 0.6 is 11.6 Å². The van der Waals surface area contributed by atoms with Crippen LogP contribution in [-0.4, -0.2) is 90.4 Å². The van der Waals surface area contributed by atoms with Crippen molar-refractivity contribution in [2.75, 3.05) is 45.7 Å². The number of rotatable bonds is 5. The number of likely N-dealkylation sites (N-methyl/N-ethyl adjacent to an activating group) is 1. The molecule has 0 saturated carbocycles. The second-order valence-electron chi connectivity index (χ2n) is 11.2. The summed E-state index contributed by atoms with van der Waals surface area (Å²) in [7, 11) is 1.12. The van der Waals surface area contributed by atoms with Crippen LogP contribution in [0.4, 0.5) is 5.69 Å². The second kappa shape index (κ2) is 10.7. The van der Waals surface area contributed by atoms with E-state index in [9.17, 15) is 18.0 Å². The summed E-state index contributed by atoms with van der Waals surface area (Å²) >= 11 is 6.68. The van der Waals surface area contributed by atoms with Gasteiger partial charge in [0, 0.05) is 46.3 Å². The highest BCUT2D eigenvalue weighted by Crippen LogP contribution is 2.40. The summed E-state index contributed by atoms with van der Waals surface area (Å²) in [6.45, 7) is 3.24. The van der Waals surface area contributed by atoms with Crippen molar-refractivity contribution in [2.45, 2.75) is 38.9 Å². The Bertz CT molecular complexity index is 1700. The van der Waals surface area contributed by atoms with E-state index in [0.29, 0.717) is 48.1 Å². The van der Waals surface area contributed by atoms with E-state index in [1.807, 2.05) is 31.2 Å². The van der Waals surface area contributed by atoms with Gasteiger partial charge in [-0.15, -0.1) is 0 Å². The van der Waals surface area contributed by atoms with Crippen molar-refractivity contribution in [1.29, 1.82) is 0 Å². The lowest BCUT2D eigenvalue weighted by Gasteiger charge is -2.34. The van der Waals surface area contributed by atoms with E-state index in [1.165, 1.54) is 27.6 Å². The fourth-order valence-electron chi connectivity index (χ4n) is 6.03. The zero-order chi connectivity index (χ0) is 29.9. The Hall–Kier alpha value is -3.45. The number of carbonyl (C=O) groups is 2. The van der Waals surface area contributed by atoms with E-state index in [1.54, 1.807) is 22.7 Å². The molecule has 0 radical (unpaired) electrons. The van der Waals surface area contributed by atoms with Crippen molar-refractivity contribution < 1.29 is 22.7 Å². The molecular formula is C29H33ClN6O5S. The highest BCUT2D eigenvalue weighted by molar-refractivity contribution is 7.86. The van der Waals surface area contributed by atoms with Gasteiger partial charge in [0.2, 0.25) is 0 Å². The van der Waals surface area contributed by atoms with Crippen LogP contribution in [0.1, 0.15) is 38.3 Å². The Morgan fingerprint density at radius 3 is 2.60 bits per heavy atom. The van der Waals surface area contributed by atoms with Gasteiger partial charge in [-0.25, -0.2) is 4.68 Å². The maximum Gasteiger partial charge on any atom is 0.281 e. The van der Waals surface area contributed by atoms with Gasteiger partial charge in [0.15, 0.2) is 5.69 Å². The third-order valence-corrected chi connectivity index (χ3v) is 10.6. The molecule has 2 amide bonds. The van der Waals surface area contributed by atoms with Crippen LogP contribution in [0.3, 0.4) is 0 Å². The number of fused-ring (bicyclic) bond motifs is 4. The lowest BCUT2D eigenvalue weighted by Crippen LogP contribution is -2.54. The molecule has 0 saturated heterocycles. The van der Waals surface area contributed by atoms with Gasteiger partial charge in [-0.3, -0.25) is 9.59 Å². The van der Waals surface area contributed by atoms with Gasteiger partial charge < -0.3 is 14.5 Å². The van der Waals surface area contributed by atoms with E-state index in [-0.39, 0.29) is 37.2 Å². The van der Waals surface area contributed by atoms with Crippen LogP contribution in [0.25, 0.3) is 0 Å². The molecule has 3 aliphatic heterocycles. The number of hydrogen-bond donors (Lipinski definition) is 0. The molecule has 1 aromatic heterocycles. The van der Waals surface area contributed by atoms with Crippen LogP contribution in [-0.2, 0) is 40.9 Å². The number of hydrogen-bond acceptors (Lipinski definition) is 6. The van der Waals surface area contributed by atoms with Gasteiger partial charge in [-0.1, -0.05) is 47.5 Å². The van der Waals surface area contributed by atoms with E-state index in [0.717, 1.165) is 22.3 Å². The molecule has 0 bridgehead atoms. The summed E-state index contributed by atoms with van der Waals surface area (Å²) in [5.41, 5.74) is 5.42. The van der Waals surface area contributed by atoms with Crippen LogP contribution < -0.4 is 9.64 Å². The molecule has 3 aliphatic rings. The fourth-order valence-corrected chi connectivity index (χ4v) is 7.39. The topological polar surface area (TPSA) is 108 Å². The number of benzene rings is 2. The van der Waals surface area contributed by atoms with Crippen LogP contribution in [0.15, 0.2) is 36.4 Å². The van der Waals surface area contributed by atoms with Crippen molar-refractivity contribution in [3.05, 3.63) is 75.1 Å². The highest BCUT2D eigenvalue weighted by Gasteiger charge is 2.42. The van der Waals surface area contributed by atoms with E-state index in [4.69, 9.17) is 16.3 Å². The molecule has 0 aliphatic carbocycles. The molecule has 1 atom stereocenters. The number of aromatic nitrogens is 2. The van der Waals surface area contributed by atoms with Crippen LogP contribution in [0, 0.1) is 6.92 Å². The van der Waals surface area contributed by atoms with Gasteiger partial charge >= 0.3 is 0 Å². The van der Waals surface area contributed by atoms with Gasteiger partial charge in [0.1, 0.15) is 23.6 Å². The molecule has 3 aromatic rings. The molecule has 0 N–H and O–H groups in total. The summed E-state index contributed by atoms with van der Waals surface area (Å²) < 4.78 is 35.9. The predicted octanol–water partition coefficient (Wildman–Crippen LogP) is 2.48. The van der Waals surface area contributed by atoms with Gasteiger partial charge in [-0.05, 0) is 42.5 Å². The minimum absolute atomic E-state index is 0.00506. The van der Waals surface area contributed by atoms with Crippen LogP contribution in [0.2, 0.25) is 5.15 Å². The number of aryl methyl sites for hydroxylation is 1. The molecule has 222 valence electrons. The Morgan fingerprint density at radius 1 is 1.10 bits per heavy atom. The van der Waals surface area contributed by atoms with Crippen molar-refractivity contribution in [3.63, 3.8) is 0 Å². The number of amides is 2. The van der Waals surface area contributed by atoms with Crippen LogP contribution in [0.5, 0.6) is 5.75 Å². The van der Waals surface area contributed by atoms with Gasteiger partial charge in [-0.2, -0.15) is 22.1 Å². The van der Waals surface area contributed by atoms with E-state index < -0.39 is 16.3 Å². The Labute approximate surface area is 250 Å². The molecule has 13 heteroatoms. The third-order valence-electron chi connectivity index (χ3n) is 8.28. The van der Waals surface area contributed by atoms with E-state index in [2.05, 4.69) is 11.2 Å². The molecular weight excluding hydrogens is 580 g/mol. The first-order chi connectivity index (χ1) is 20.0. The first-order valence-corrected chi connectivity index (χ1v) is 15.6. The quantitative estimate of drug-likeness (QED) is 0.438. The maximum atomic E-state index is 13.9. The van der Waals surface area contributed by atoms with Gasteiger partial charge in [0.05, 0.1) is 12.2 Å².